The Bertz CT molecular complexity index is 1010. The van der Waals surface area contributed by atoms with Crippen molar-refractivity contribution in [3.63, 3.8) is 0 Å². The second-order valence-electron chi connectivity index (χ2n) is 15.8. The van der Waals surface area contributed by atoms with Crippen LogP contribution in [0.15, 0.2) is 24.3 Å². The summed E-state index contributed by atoms with van der Waals surface area (Å²) in [4.78, 5) is 2.32. The third-order valence-electron chi connectivity index (χ3n) is 13.2. The smallest absolute Gasteiger partial charge is 0.123 e. The highest BCUT2D eigenvalue weighted by Gasteiger charge is 2.65. The molecule has 3 nitrogen and oxygen atoms in total. The van der Waals surface area contributed by atoms with E-state index in [1.165, 1.54) is 70.8 Å². The molecule has 5 fully saturated rings. The molecule has 1 aromatic carbocycles. The minimum absolute atomic E-state index is 0.172. The molecule has 0 bridgehead atoms. The maximum absolute atomic E-state index is 13.3. The lowest BCUT2D eigenvalue weighted by Crippen LogP contribution is -2.54. The first-order valence-corrected chi connectivity index (χ1v) is 16.7. The van der Waals surface area contributed by atoms with Gasteiger partial charge in [-0.05, 0) is 148 Å². The maximum atomic E-state index is 13.3. The fourth-order valence-electron chi connectivity index (χ4n) is 11.3. The van der Waals surface area contributed by atoms with Gasteiger partial charge in [0.2, 0.25) is 0 Å². The van der Waals surface area contributed by atoms with Gasteiger partial charge in [-0.25, -0.2) is 4.39 Å². The summed E-state index contributed by atoms with van der Waals surface area (Å²) in [5.41, 5.74) is 2.02. The van der Waals surface area contributed by atoms with Crippen LogP contribution in [0.2, 0.25) is 0 Å². The third kappa shape index (κ3) is 5.21. The van der Waals surface area contributed by atoms with Gasteiger partial charge in [0.25, 0.3) is 0 Å². The molecule has 0 spiro atoms. The lowest BCUT2D eigenvalue weighted by atomic mass is 9.44. The maximum Gasteiger partial charge on any atom is 0.123 e. The fraction of sp³-hybridized carbons (Fsp3) is 0.833. The van der Waals surface area contributed by atoms with Gasteiger partial charge in [0.1, 0.15) is 5.82 Å². The predicted octanol–water partition coefficient (Wildman–Crippen LogP) is 8.36. The van der Waals surface area contributed by atoms with Crippen molar-refractivity contribution in [3.8, 4) is 0 Å². The molecule has 1 saturated heterocycles. The van der Waals surface area contributed by atoms with E-state index in [2.05, 4.69) is 46.7 Å². The van der Waals surface area contributed by atoms with Crippen LogP contribution in [-0.4, -0.2) is 43.9 Å². The molecule has 4 saturated carbocycles. The van der Waals surface area contributed by atoms with Crippen LogP contribution in [0.5, 0.6) is 0 Å². The number of rotatable bonds is 8. The SMILES string of the molecule is C[C@@H](CC[C@H]1O[C@H]2C[C@H]3[C@@H]4CC[C@@H]5C[C@@H](OCc6ccc(F)cc6)CC[C@]5(C)[C@H]4CC[C@]3(C)[C@H]2[C@@H]1C)CN(C)C. The summed E-state index contributed by atoms with van der Waals surface area (Å²) in [6, 6.07) is 6.82. The molecular weight excluding hydrogens is 497 g/mol. The van der Waals surface area contributed by atoms with E-state index in [1.54, 1.807) is 12.1 Å². The Morgan fingerprint density at radius 1 is 1.00 bits per heavy atom. The highest BCUT2D eigenvalue weighted by molar-refractivity contribution is 5.16. The van der Waals surface area contributed by atoms with Crippen molar-refractivity contribution in [2.75, 3.05) is 20.6 Å². The molecule has 0 unspecified atom stereocenters. The summed E-state index contributed by atoms with van der Waals surface area (Å²) in [5.74, 6) is 5.42. The van der Waals surface area contributed by atoms with Crippen LogP contribution in [0, 0.1) is 58.1 Å². The highest BCUT2D eigenvalue weighted by atomic mass is 19.1. The number of halogens is 1. The fourth-order valence-corrected chi connectivity index (χ4v) is 11.3. The largest absolute Gasteiger partial charge is 0.374 e. The number of hydrogen-bond acceptors (Lipinski definition) is 3. The van der Waals surface area contributed by atoms with E-state index in [0.717, 1.165) is 41.1 Å². The monoisotopic (exact) mass is 553 g/mol. The molecule has 12 atom stereocenters. The lowest BCUT2D eigenvalue weighted by Gasteiger charge is -2.61. The Kier molecular flexibility index (Phi) is 8.20. The van der Waals surface area contributed by atoms with Crippen LogP contribution in [0.1, 0.15) is 97.5 Å². The zero-order valence-electron chi connectivity index (χ0n) is 26.2. The number of ether oxygens (including phenoxy) is 2. The van der Waals surface area contributed by atoms with E-state index in [4.69, 9.17) is 9.47 Å². The molecule has 5 aliphatic rings. The molecular formula is C36H56FNO2. The molecule has 1 aromatic rings. The van der Waals surface area contributed by atoms with Gasteiger partial charge < -0.3 is 14.4 Å². The first-order valence-electron chi connectivity index (χ1n) is 16.7. The van der Waals surface area contributed by atoms with Crippen molar-refractivity contribution >= 4 is 0 Å². The highest BCUT2D eigenvalue weighted by Crippen LogP contribution is 2.70. The Morgan fingerprint density at radius 3 is 2.50 bits per heavy atom. The number of benzene rings is 1. The van der Waals surface area contributed by atoms with Gasteiger partial charge in [0, 0.05) is 6.54 Å². The first-order chi connectivity index (χ1) is 19.1. The van der Waals surface area contributed by atoms with Crippen LogP contribution in [0.25, 0.3) is 0 Å². The molecule has 4 aliphatic carbocycles. The molecule has 40 heavy (non-hydrogen) atoms. The van der Waals surface area contributed by atoms with E-state index in [9.17, 15) is 4.39 Å². The summed E-state index contributed by atoms with van der Waals surface area (Å²) < 4.78 is 26.7. The second-order valence-corrected chi connectivity index (χ2v) is 15.8. The van der Waals surface area contributed by atoms with Gasteiger partial charge in [-0.3, -0.25) is 0 Å². The van der Waals surface area contributed by atoms with E-state index < -0.39 is 0 Å². The number of nitrogens with zero attached hydrogens (tertiary/aromatic N) is 1. The summed E-state index contributed by atoms with van der Waals surface area (Å²) in [5, 5.41) is 0. The molecule has 0 amide bonds. The zero-order chi connectivity index (χ0) is 28.2. The molecule has 224 valence electrons. The Morgan fingerprint density at radius 2 is 1.75 bits per heavy atom. The van der Waals surface area contributed by atoms with E-state index in [-0.39, 0.29) is 5.82 Å². The molecule has 0 radical (unpaired) electrons. The van der Waals surface area contributed by atoms with Crippen molar-refractivity contribution in [2.45, 2.75) is 117 Å². The van der Waals surface area contributed by atoms with Gasteiger partial charge >= 0.3 is 0 Å². The first kappa shape index (κ1) is 29.1. The van der Waals surface area contributed by atoms with Crippen LogP contribution in [-0.2, 0) is 16.1 Å². The summed E-state index contributed by atoms with van der Waals surface area (Å²) >= 11 is 0. The number of hydrogen-bond donors (Lipinski definition) is 0. The normalized spacial score (nSPS) is 45.0. The molecule has 0 aromatic heterocycles. The van der Waals surface area contributed by atoms with Gasteiger partial charge in [-0.15, -0.1) is 0 Å². The predicted molar refractivity (Wildman–Crippen MR) is 160 cm³/mol. The molecule has 0 N–H and O–H groups in total. The summed E-state index contributed by atoms with van der Waals surface area (Å²) in [7, 11) is 4.38. The molecule has 1 aliphatic heterocycles. The van der Waals surface area contributed by atoms with Gasteiger partial charge in [0.15, 0.2) is 0 Å². The van der Waals surface area contributed by atoms with Gasteiger partial charge in [-0.1, -0.05) is 39.8 Å². The molecule has 6 rings (SSSR count). The molecule has 1 heterocycles. The van der Waals surface area contributed by atoms with Gasteiger partial charge in [0.05, 0.1) is 24.9 Å². The topological polar surface area (TPSA) is 21.7 Å². The van der Waals surface area contributed by atoms with Gasteiger partial charge in [-0.2, -0.15) is 0 Å². The molecule has 4 heteroatoms. The van der Waals surface area contributed by atoms with Crippen molar-refractivity contribution in [1.82, 2.24) is 4.90 Å². The Balaban J connectivity index is 1.07. The van der Waals surface area contributed by atoms with E-state index in [1.807, 2.05) is 12.1 Å². The minimum Gasteiger partial charge on any atom is -0.374 e. The Hall–Kier alpha value is -0.970. The van der Waals surface area contributed by atoms with Crippen LogP contribution in [0.3, 0.4) is 0 Å². The average Bonchev–Trinajstić information content (AvgIpc) is 3.39. The quantitative estimate of drug-likeness (QED) is 0.323. The van der Waals surface area contributed by atoms with Crippen molar-refractivity contribution in [3.05, 3.63) is 35.6 Å². The third-order valence-corrected chi connectivity index (χ3v) is 13.2. The Labute approximate surface area is 244 Å². The lowest BCUT2D eigenvalue weighted by molar-refractivity contribution is -0.139. The van der Waals surface area contributed by atoms with Crippen LogP contribution >= 0.6 is 0 Å². The second kappa shape index (κ2) is 11.3. The average molecular weight is 554 g/mol. The van der Waals surface area contributed by atoms with E-state index >= 15 is 0 Å². The summed E-state index contributed by atoms with van der Waals surface area (Å²) in [6.45, 7) is 12.1. The minimum atomic E-state index is -0.172. The summed E-state index contributed by atoms with van der Waals surface area (Å²) in [6.07, 6.45) is 14.5. The zero-order valence-corrected chi connectivity index (χ0v) is 26.2. The van der Waals surface area contributed by atoms with E-state index in [0.29, 0.717) is 41.7 Å². The standard InChI is InChI=1S/C36H56FNO2/c1-23(21-38(5)6)7-14-32-24(2)34-33(40-32)20-31-29-13-10-26-19-28(39-22-25-8-11-27(37)12-9-25)15-17-35(26,3)30(29)16-18-36(31,34)4/h8-9,11-12,23-24,26,28-34H,7,10,13-22H2,1-6H3/t23-,24+,26+,28-,29+,30-,31-,32+,33-,34-,35-,36-/m0/s1. The van der Waals surface area contributed by atoms with Crippen LogP contribution < -0.4 is 0 Å². The van der Waals surface area contributed by atoms with Crippen molar-refractivity contribution < 1.29 is 13.9 Å². The number of fused-ring (bicyclic) bond motifs is 7. The van der Waals surface area contributed by atoms with Crippen molar-refractivity contribution in [2.24, 2.45) is 52.3 Å². The van der Waals surface area contributed by atoms with Crippen LogP contribution in [0.4, 0.5) is 4.39 Å². The van der Waals surface area contributed by atoms with Crippen molar-refractivity contribution in [1.29, 1.82) is 0 Å².